The first-order chi connectivity index (χ1) is 13.1. The van der Waals surface area contributed by atoms with Crippen LogP contribution in [0.5, 0.6) is 0 Å². The Bertz CT molecular complexity index is 937. The lowest BCUT2D eigenvalue weighted by Gasteiger charge is -2.25. The fourth-order valence-corrected chi connectivity index (χ4v) is 4.74. The lowest BCUT2D eigenvalue weighted by atomic mass is 10.1. The van der Waals surface area contributed by atoms with E-state index in [1.54, 1.807) is 16.2 Å². The van der Waals surface area contributed by atoms with Crippen LogP contribution in [0, 0.1) is 5.92 Å². The van der Waals surface area contributed by atoms with Crippen LogP contribution in [-0.2, 0) is 9.59 Å². The lowest BCUT2D eigenvalue weighted by Crippen LogP contribution is -2.30. The minimum absolute atomic E-state index is 0.0184. The molecule has 1 aliphatic rings. The largest absolute Gasteiger partial charge is 0.335 e. The first-order valence-corrected chi connectivity index (χ1v) is 10.5. The fourth-order valence-electron chi connectivity index (χ4n) is 3.27. The zero-order valence-corrected chi connectivity index (χ0v) is 16.4. The van der Waals surface area contributed by atoms with Crippen LogP contribution in [0.3, 0.4) is 0 Å². The maximum absolute atomic E-state index is 12.6. The minimum Gasteiger partial charge on any atom is -0.335 e. The van der Waals surface area contributed by atoms with Gasteiger partial charge >= 0.3 is 0 Å². The average molecular weight is 398 g/mol. The van der Waals surface area contributed by atoms with Gasteiger partial charge in [-0.25, -0.2) is 4.98 Å². The summed E-state index contributed by atoms with van der Waals surface area (Å²) in [5.74, 6) is -0.471. The lowest BCUT2D eigenvalue weighted by molar-refractivity contribution is -0.129. The van der Waals surface area contributed by atoms with Crippen molar-refractivity contribution in [2.24, 2.45) is 5.92 Å². The zero-order valence-electron chi connectivity index (χ0n) is 14.8. The molecule has 2 unspecified atom stereocenters. The third-order valence-electron chi connectivity index (χ3n) is 4.79. The number of rotatable bonds is 5. The fraction of sp³-hybridized carbons (Fsp3) is 0.250. The Morgan fingerprint density at radius 3 is 2.78 bits per heavy atom. The van der Waals surface area contributed by atoms with E-state index >= 15 is 0 Å². The normalized spacial score (nSPS) is 17.9. The van der Waals surface area contributed by atoms with Crippen molar-refractivity contribution >= 4 is 39.6 Å². The van der Waals surface area contributed by atoms with Crippen molar-refractivity contribution in [1.29, 1.82) is 0 Å². The van der Waals surface area contributed by atoms with Crippen molar-refractivity contribution in [3.8, 4) is 10.6 Å². The third-order valence-corrected chi connectivity index (χ3v) is 6.44. The van der Waals surface area contributed by atoms with Crippen molar-refractivity contribution in [3.63, 3.8) is 0 Å². The summed E-state index contributed by atoms with van der Waals surface area (Å²) in [6, 6.07) is 13.8. The molecule has 1 aromatic carbocycles. The molecule has 27 heavy (non-hydrogen) atoms. The zero-order chi connectivity index (χ0) is 18.8. The van der Waals surface area contributed by atoms with Crippen LogP contribution in [-0.4, -0.2) is 28.2 Å². The molecule has 0 radical (unpaired) electrons. The highest BCUT2D eigenvalue weighted by atomic mass is 32.1. The van der Waals surface area contributed by atoms with Crippen LogP contribution >= 0.6 is 22.7 Å². The molecule has 2 aromatic heterocycles. The van der Waals surface area contributed by atoms with E-state index in [-0.39, 0.29) is 30.2 Å². The summed E-state index contributed by atoms with van der Waals surface area (Å²) in [5.41, 5.74) is 1.94. The Labute approximate surface area is 165 Å². The van der Waals surface area contributed by atoms with Crippen molar-refractivity contribution < 1.29 is 9.59 Å². The minimum atomic E-state index is -0.349. The first kappa shape index (κ1) is 17.9. The average Bonchev–Trinajstić information content (AvgIpc) is 3.42. The second kappa shape index (κ2) is 7.62. The van der Waals surface area contributed by atoms with Gasteiger partial charge in [0.05, 0.1) is 22.5 Å². The summed E-state index contributed by atoms with van der Waals surface area (Å²) >= 11 is 3.02. The topological polar surface area (TPSA) is 62.3 Å². The summed E-state index contributed by atoms with van der Waals surface area (Å²) in [6.07, 6.45) is 0.242. The van der Waals surface area contributed by atoms with Crippen LogP contribution in [0.25, 0.3) is 10.6 Å². The summed E-state index contributed by atoms with van der Waals surface area (Å²) < 4.78 is 0. The van der Waals surface area contributed by atoms with Gasteiger partial charge in [-0.1, -0.05) is 36.4 Å². The molecule has 1 aliphatic heterocycles. The number of thiazole rings is 1. The van der Waals surface area contributed by atoms with Crippen molar-refractivity contribution in [2.75, 3.05) is 11.9 Å². The summed E-state index contributed by atoms with van der Waals surface area (Å²) in [4.78, 5) is 32.4. The van der Waals surface area contributed by atoms with Gasteiger partial charge in [0.25, 0.3) is 0 Å². The predicted octanol–water partition coefficient (Wildman–Crippen LogP) is 4.42. The van der Waals surface area contributed by atoms with E-state index in [0.29, 0.717) is 11.7 Å². The smallest absolute Gasteiger partial charge is 0.231 e. The number of anilines is 1. The molecule has 3 heterocycles. The highest BCUT2D eigenvalue weighted by Crippen LogP contribution is 2.31. The molecular formula is C20H19N3O2S2. The number of carbonyl (C=O) groups excluding carboxylic acids is 2. The number of amides is 2. The van der Waals surface area contributed by atoms with E-state index in [4.69, 9.17) is 0 Å². The van der Waals surface area contributed by atoms with Gasteiger partial charge in [0.2, 0.25) is 11.8 Å². The predicted molar refractivity (Wildman–Crippen MR) is 109 cm³/mol. The number of carbonyl (C=O) groups is 2. The van der Waals surface area contributed by atoms with Gasteiger partial charge < -0.3 is 10.2 Å². The first-order valence-electron chi connectivity index (χ1n) is 8.76. The second-order valence-electron chi connectivity index (χ2n) is 6.54. The van der Waals surface area contributed by atoms with Crippen molar-refractivity contribution in [2.45, 2.75) is 19.4 Å². The quantitative estimate of drug-likeness (QED) is 0.693. The highest BCUT2D eigenvalue weighted by molar-refractivity contribution is 7.16. The molecule has 1 saturated heterocycles. The molecule has 4 rings (SSSR count). The van der Waals surface area contributed by atoms with E-state index in [2.05, 4.69) is 10.3 Å². The van der Waals surface area contributed by atoms with E-state index in [1.165, 1.54) is 11.3 Å². The summed E-state index contributed by atoms with van der Waals surface area (Å²) in [5, 5.41) is 7.39. The Morgan fingerprint density at radius 2 is 2.04 bits per heavy atom. The van der Waals surface area contributed by atoms with Gasteiger partial charge in [0, 0.05) is 18.3 Å². The molecule has 0 saturated carbocycles. The number of benzene rings is 1. The van der Waals surface area contributed by atoms with Gasteiger partial charge in [-0.2, -0.15) is 0 Å². The number of aromatic nitrogens is 1. The Balaban J connectivity index is 1.41. The number of nitrogens with zero attached hydrogens (tertiary/aromatic N) is 2. The standard InChI is InChI=1S/C20H19N3O2S2/c1-13(14-6-3-2-4-7-14)23-11-15(10-18(23)24)19(25)22-20-21-16(12-27-20)17-8-5-9-26-17/h2-9,12-13,15H,10-11H2,1H3,(H,21,22,25). The van der Waals surface area contributed by atoms with E-state index in [1.807, 2.05) is 60.1 Å². The van der Waals surface area contributed by atoms with Gasteiger partial charge in [0.1, 0.15) is 0 Å². The molecule has 138 valence electrons. The molecule has 2 amide bonds. The van der Waals surface area contributed by atoms with E-state index in [9.17, 15) is 9.59 Å². The molecular weight excluding hydrogens is 378 g/mol. The molecule has 0 spiro atoms. The van der Waals surface area contributed by atoms with Gasteiger partial charge in [0.15, 0.2) is 5.13 Å². The molecule has 0 bridgehead atoms. The number of likely N-dealkylation sites (tertiary alicyclic amines) is 1. The van der Waals surface area contributed by atoms with Crippen molar-refractivity contribution in [3.05, 3.63) is 58.8 Å². The van der Waals surface area contributed by atoms with E-state index in [0.717, 1.165) is 16.1 Å². The number of hydrogen-bond acceptors (Lipinski definition) is 5. The highest BCUT2D eigenvalue weighted by Gasteiger charge is 2.37. The monoisotopic (exact) mass is 397 g/mol. The maximum atomic E-state index is 12.6. The summed E-state index contributed by atoms with van der Waals surface area (Å²) in [6.45, 7) is 2.44. The number of nitrogens with one attached hydrogen (secondary N) is 1. The van der Waals surface area contributed by atoms with Crippen LogP contribution in [0.2, 0.25) is 0 Å². The van der Waals surface area contributed by atoms with Crippen molar-refractivity contribution in [1.82, 2.24) is 9.88 Å². The molecule has 1 fully saturated rings. The van der Waals surface area contributed by atoms with Crippen LogP contribution in [0.1, 0.15) is 24.9 Å². The molecule has 1 N–H and O–H groups in total. The maximum Gasteiger partial charge on any atom is 0.231 e. The van der Waals surface area contributed by atoms with Gasteiger partial charge in [-0.15, -0.1) is 22.7 Å². The van der Waals surface area contributed by atoms with E-state index < -0.39 is 0 Å². The Kier molecular flexibility index (Phi) is 5.05. The second-order valence-corrected chi connectivity index (χ2v) is 8.34. The molecule has 2 atom stereocenters. The summed E-state index contributed by atoms with van der Waals surface area (Å²) in [7, 11) is 0. The number of thiophene rings is 1. The Hall–Kier alpha value is -2.51. The SMILES string of the molecule is CC(c1ccccc1)N1CC(C(=O)Nc2nc(-c3cccs3)cs2)CC1=O. The van der Waals surface area contributed by atoms with Gasteiger partial charge in [-0.05, 0) is 23.9 Å². The molecule has 0 aliphatic carbocycles. The van der Waals surface area contributed by atoms with Crippen LogP contribution in [0.4, 0.5) is 5.13 Å². The van der Waals surface area contributed by atoms with Crippen LogP contribution in [0.15, 0.2) is 53.2 Å². The molecule has 7 heteroatoms. The Morgan fingerprint density at radius 1 is 1.22 bits per heavy atom. The number of hydrogen-bond donors (Lipinski definition) is 1. The third kappa shape index (κ3) is 3.79. The molecule has 3 aromatic rings. The van der Waals surface area contributed by atoms with Gasteiger partial charge in [-0.3, -0.25) is 9.59 Å². The van der Waals surface area contributed by atoms with Crippen LogP contribution < -0.4 is 5.32 Å². The molecule has 5 nitrogen and oxygen atoms in total.